The first-order valence-corrected chi connectivity index (χ1v) is 11.3. The fourth-order valence-electron chi connectivity index (χ4n) is 3.72. The summed E-state index contributed by atoms with van der Waals surface area (Å²) in [6, 6.07) is 10.3. The Morgan fingerprint density at radius 3 is 1.39 bits per heavy atom. The van der Waals surface area contributed by atoms with E-state index in [1.807, 2.05) is 0 Å². The Balaban J connectivity index is 0.000000213. The van der Waals surface area contributed by atoms with Gasteiger partial charge in [0.1, 0.15) is 0 Å². The third-order valence-corrected chi connectivity index (χ3v) is 5.91. The molecular formula is C24H26Cl2CuN2O2. The summed E-state index contributed by atoms with van der Waals surface area (Å²) in [5, 5.41) is 24.0. The minimum absolute atomic E-state index is 0. The summed E-state index contributed by atoms with van der Waals surface area (Å²) in [6.07, 6.45) is 12.9. The topological polar surface area (TPSA) is 70.8 Å². The third kappa shape index (κ3) is 8.50. The van der Waals surface area contributed by atoms with Gasteiger partial charge >= 0.3 is 17.1 Å². The van der Waals surface area contributed by atoms with Crippen LogP contribution in [0, 0.1) is 0 Å². The molecule has 0 unspecified atom stereocenters. The van der Waals surface area contributed by atoms with E-state index in [-0.39, 0.29) is 28.6 Å². The van der Waals surface area contributed by atoms with Crippen molar-refractivity contribution in [2.24, 2.45) is 9.98 Å². The third-order valence-electron chi connectivity index (χ3n) is 5.44. The molecule has 4 nitrogen and oxygen atoms in total. The van der Waals surface area contributed by atoms with Gasteiger partial charge in [-0.2, -0.15) is 0 Å². The van der Waals surface area contributed by atoms with Gasteiger partial charge < -0.3 is 10.2 Å². The molecule has 0 aromatic heterocycles. The van der Waals surface area contributed by atoms with E-state index in [1.165, 1.54) is 37.8 Å². The molecule has 2 aliphatic carbocycles. The molecule has 0 aliphatic heterocycles. The van der Waals surface area contributed by atoms with Gasteiger partial charge in [-0.3, -0.25) is 9.98 Å². The molecule has 2 aliphatic rings. The molecule has 0 amide bonds. The van der Waals surface area contributed by atoms with Crippen LogP contribution in [0.1, 0.15) is 62.5 Å². The van der Waals surface area contributed by atoms with Gasteiger partial charge in [-0.1, -0.05) is 72.5 Å². The van der Waals surface area contributed by atoms with E-state index in [1.54, 1.807) is 36.7 Å². The Morgan fingerprint density at radius 1 is 0.677 bits per heavy atom. The number of aliphatic imine (C=N–C) groups is 2. The second kappa shape index (κ2) is 13.1. The van der Waals surface area contributed by atoms with E-state index < -0.39 is 0 Å². The molecule has 7 heteroatoms. The van der Waals surface area contributed by atoms with Crippen LogP contribution in [0.4, 0.5) is 0 Å². The van der Waals surface area contributed by atoms with Crippen molar-refractivity contribution >= 4 is 35.6 Å². The molecule has 2 saturated carbocycles. The van der Waals surface area contributed by atoms with Crippen LogP contribution in [0.5, 0.6) is 11.5 Å². The van der Waals surface area contributed by atoms with Crippen LogP contribution in [0.3, 0.4) is 0 Å². The molecule has 0 spiro atoms. The van der Waals surface area contributed by atoms with Gasteiger partial charge in [0.2, 0.25) is 0 Å². The second-order valence-corrected chi connectivity index (χ2v) is 8.67. The zero-order valence-corrected chi connectivity index (χ0v) is 19.7. The zero-order chi connectivity index (χ0) is 21.3. The predicted molar refractivity (Wildman–Crippen MR) is 121 cm³/mol. The average molecular weight is 509 g/mol. The number of nitrogens with zero attached hydrogens (tertiary/aromatic N) is 2. The second-order valence-electron chi connectivity index (χ2n) is 7.80. The molecule has 2 fully saturated rings. The SMILES string of the molecule is [Cu+2].[O-]c1ccc(Cl)cc1C=NC1CCCC1.[O-]c1ccc(Cl)cc1C=NC1CCCC1. The van der Waals surface area contributed by atoms with Gasteiger partial charge in [0, 0.05) is 34.6 Å². The summed E-state index contributed by atoms with van der Waals surface area (Å²) in [6.45, 7) is 0. The number of rotatable bonds is 4. The maximum absolute atomic E-state index is 11.4. The van der Waals surface area contributed by atoms with Crippen LogP contribution < -0.4 is 10.2 Å². The van der Waals surface area contributed by atoms with E-state index >= 15 is 0 Å². The molecule has 1 radical (unpaired) electrons. The minimum atomic E-state index is -0.0128. The quantitative estimate of drug-likeness (QED) is 0.401. The molecule has 169 valence electrons. The summed E-state index contributed by atoms with van der Waals surface area (Å²) in [7, 11) is 0. The van der Waals surface area contributed by atoms with E-state index in [2.05, 4.69) is 9.98 Å². The molecule has 0 saturated heterocycles. The smallest absolute Gasteiger partial charge is 0.872 e. The number of hydrogen-bond acceptors (Lipinski definition) is 4. The van der Waals surface area contributed by atoms with Crippen molar-refractivity contribution in [1.29, 1.82) is 0 Å². The van der Waals surface area contributed by atoms with Crippen LogP contribution in [-0.4, -0.2) is 24.5 Å². The zero-order valence-electron chi connectivity index (χ0n) is 17.2. The van der Waals surface area contributed by atoms with Crippen LogP contribution in [-0.2, 0) is 17.1 Å². The van der Waals surface area contributed by atoms with Gasteiger partial charge in [0.15, 0.2) is 0 Å². The summed E-state index contributed by atoms with van der Waals surface area (Å²) in [5.41, 5.74) is 1.18. The molecule has 0 heterocycles. The largest absolute Gasteiger partial charge is 2.00 e. The fourth-order valence-corrected chi connectivity index (χ4v) is 4.08. The maximum atomic E-state index is 11.4. The first-order valence-electron chi connectivity index (χ1n) is 10.5. The first-order chi connectivity index (χ1) is 14.5. The van der Waals surface area contributed by atoms with Crippen molar-refractivity contribution in [3.63, 3.8) is 0 Å². The van der Waals surface area contributed by atoms with Gasteiger partial charge in [0.05, 0.1) is 0 Å². The minimum Gasteiger partial charge on any atom is -0.872 e. The van der Waals surface area contributed by atoms with E-state index in [4.69, 9.17) is 23.2 Å². The number of hydrogen-bond donors (Lipinski definition) is 0. The van der Waals surface area contributed by atoms with Crippen molar-refractivity contribution in [1.82, 2.24) is 0 Å². The van der Waals surface area contributed by atoms with Gasteiger partial charge in [-0.15, -0.1) is 0 Å². The van der Waals surface area contributed by atoms with Crippen molar-refractivity contribution in [3.8, 4) is 11.5 Å². The molecule has 31 heavy (non-hydrogen) atoms. The summed E-state index contributed by atoms with van der Waals surface area (Å²) < 4.78 is 0. The summed E-state index contributed by atoms with van der Waals surface area (Å²) >= 11 is 11.6. The standard InChI is InChI=1S/2C12H14ClNO.Cu/c2*13-10-5-6-12(15)9(7-10)8-14-11-3-1-2-4-11;/h2*5-8,11,15H,1-4H2;/q;;+2/p-2. The monoisotopic (exact) mass is 507 g/mol. The van der Waals surface area contributed by atoms with Gasteiger partial charge in [-0.05, 0) is 61.1 Å². The summed E-state index contributed by atoms with van der Waals surface area (Å²) in [5.74, 6) is -0.0257. The van der Waals surface area contributed by atoms with Crippen LogP contribution in [0.2, 0.25) is 10.0 Å². The van der Waals surface area contributed by atoms with E-state index in [0.29, 0.717) is 33.3 Å². The number of benzene rings is 2. The molecule has 4 rings (SSSR count). The molecule has 0 bridgehead atoms. The predicted octanol–water partition coefficient (Wildman–Crippen LogP) is 5.55. The van der Waals surface area contributed by atoms with Crippen LogP contribution >= 0.6 is 23.2 Å². The molecule has 0 atom stereocenters. The van der Waals surface area contributed by atoms with Gasteiger partial charge in [-0.25, -0.2) is 0 Å². The molecular weight excluding hydrogens is 483 g/mol. The average Bonchev–Trinajstić information content (AvgIpc) is 3.44. The molecule has 2 aromatic rings. The Labute approximate surface area is 204 Å². The van der Waals surface area contributed by atoms with Crippen molar-refractivity contribution in [2.75, 3.05) is 0 Å². The Morgan fingerprint density at radius 2 is 1.03 bits per heavy atom. The van der Waals surface area contributed by atoms with Crippen molar-refractivity contribution in [2.45, 2.75) is 63.5 Å². The van der Waals surface area contributed by atoms with Crippen LogP contribution in [0.15, 0.2) is 46.4 Å². The molecule has 2 aromatic carbocycles. The number of halogens is 2. The van der Waals surface area contributed by atoms with Crippen molar-refractivity contribution in [3.05, 3.63) is 57.6 Å². The molecule has 0 N–H and O–H groups in total. The fraction of sp³-hybridized carbons (Fsp3) is 0.417. The van der Waals surface area contributed by atoms with Crippen molar-refractivity contribution < 1.29 is 27.3 Å². The normalized spacial score (nSPS) is 17.1. The Bertz CT molecular complexity index is 820. The van der Waals surface area contributed by atoms with Gasteiger partial charge in [0.25, 0.3) is 0 Å². The maximum Gasteiger partial charge on any atom is 2.00 e. The van der Waals surface area contributed by atoms with Crippen LogP contribution in [0.25, 0.3) is 0 Å². The first kappa shape index (κ1) is 25.7. The summed E-state index contributed by atoms with van der Waals surface area (Å²) in [4.78, 5) is 8.82. The van der Waals surface area contributed by atoms with E-state index in [0.717, 1.165) is 25.7 Å². The Hall–Kier alpha value is -1.52. The Kier molecular flexibility index (Phi) is 10.9. The van der Waals surface area contributed by atoms with E-state index in [9.17, 15) is 10.2 Å².